The lowest BCUT2D eigenvalue weighted by molar-refractivity contribution is 0.0696. The first-order valence-corrected chi connectivity index (χ1v) is 7.63. The number of rotatable bonds is 4. The zero-order valence-corrected chi connectivity index (χ0v) is 13.9. The molecule has 1 amide bonds. The molecular formula is C18H12F2N4O3. The lowest BCUT2D eigenvalue weighted by Crippen LogP contribution is -2.17. The molecular weight excluding hydrogens is 358 g/mol. The van der Waals surface area contributed by atoms with E-state index in [0.717, 1.165) is 18.0 Å². The van der Waals surface area contributed by atoms with E-state index >= 15 is 0 Å². The molecule has 0 radical (unpaired) electrons. The number of carboxylic acids is 1. The zero-order chi connectivity index (χ0) is 19.6. The molecule has 0 aliphatic heterocycles. The number of benzene rings is 1. The Labute approximate surface area is 151 Å². The summed E-state index contributed by atoms with van der Waals surface area (Å²) in [7, 11) is 0. The molecule has 3 rings (SSSR count). The number of aromatic nitrogens is 3. The number of nitrogens with zero attached hydrogens (tertiary/aromatic N) is 3. The number of halogens is 2. The molecule has 2 N–H and O–H groups in total. The number of aromatic carboxylic acids is 1. The molecule has 9 heteroatoms. The second-order valence-electron chi connectivity index (χ2n) is 5.55. The highest BCUT2D eigenvalue weighted by molar-refractivity contribution is 6.04. The molecule has 2 aromatic heterocycles. The van der Waals surface area contributed by atoms with Crippen molar-refractivity contribution in [2.24, 2.45) is 0 Å². The van der Waals surface area contributed by atoms with Crippen LogP contribution in [0.25, 0.3) is 11.3 Å². The number of carbonyl (C=O) groups is 2. The lowest BCUT2D eigenvalue weighted by Gasteiger charge is -2.08. The van der Waals surface area contributed by atoms with Crippen molar-refractivity contribution in [2.75, 3.05) is 5.32 Å². The first kappa shape index (κ1) is 18.1. The highest BCUT2D eigenvalue weighted by atomic mass is 19.1. The lowest BCUT2D eigenvalue weighted by atomic mass is 10.0. The van der Waals surface area contributed by atoms with Crippen molar-refractivity contribution in [1.82, 2.24) is 15.0 Å². The van der Waals surface area contributed by atoms with Crippen molar-refractivity contribution in [3.63, 3.8) is 0 Å². The Bertz CT molecular complexity index is 1020. The minimum absolute atomic E-state index is 0.0218. The summed E-state index contributed by atoms with van der Waals surface area (Å²) in [5.41, 5.74) is 1.05. The van der Waals surface area contributed by atoms with E-state index in [-0.39, 0.29) is 11.4 Å². The van der Waals surface area contributed by atoms with E-state index in [1.807, 2.05) is 0 Å². The number of hydrogen-bond acceptors (Lipinski definition) is 5. The maximum atomic E-state index is 13.6. The summed E-state index contributed by atoms with van der Waals surface area (Å²) in [6.45, 7) is 1.79. The van der Waals surface area contributed by atoms with Crippen LogP contribution < -0.4 is 5.32 Å². The van der Waals surface area contributed by atoms with Crippen LogP contribution in [0.3, 0.4) is 0 Å². The third-order valence-corrected chi connectivity index (χ3v) is 3.73. The summed E-state index contributed by atoms with van der Waals surface area (Å²) in [6, 6.07) is 4.58. The molecule has 0 saturated heterocycles. The van der Waals surface area contributed by atoms with Gasteiger partial charge in [-0.1, -0.05) is 6.07 Å². The van der Waals surface area contributed by atoms with Gasteiger partial charge in [-0.3, -0.25) is 14.8 Å². The van der Waals surface area contributed by atoms with Gasteiger partial charge >= 0.3 is 5.97 Å². The first-order valence-electron chi connectivity index (χ1n) is 7.63. The smallest absolute Gasteiger partial charge is 0.335 e. The van der Waals surface area contributed by atoms with Gasteiger partial charge in [-0.05, 0) is 24.6 Å². The molecule has 0 spiro atoms. The number of pyridine rings is 1. The monoisotopic (exact) mass is 370 g/mol. The van der Waals surface area contributed by atoms with Gasteiger partial charge in [0, 0.05) is 5.56 Å². The molecule has 2 heterocycles. The van der Waals surface area contributed by atoms with Crippen LogP contribution in [0.5, 0.6) is 0 Å². The molecule has 0 saturated carbocycles. The summed E-state index contributed by atoms with van der Waals surface area (Å²) < 4.78 is 27.2. The Morgan fingerprint density at radius 2 is 1.74 bits per heavy atom. The van der Waals surface area contributed by atoms with Gasteiger partial charge < -0.3 is 10.4 Å². The van der Waals surface area contributed by atoms with Gasteiger partial charge in [0.15, 0.2) is 17.5 Å². The van der Waals surface area contributed by atoms with Gasteiger partial charge in [0.25, 0.3) is 5.91 Å². The summed E-state index contributed by atoms with van der Waals surface area (Å²) in [5, 5.41) is 11.3. The number of amides is 1. The van der Waals surface area contributed by atoms with Gasteiger partial charge in [-0.15, -0.1) is 0 Å². The summed E-state index contributed by atoms with van der Waals surface area (Å²) in [4.78, 5) is 34.6. The Balaban J connectivity index is 1.85. The molecule has 0 unspecified atom stereocenters. The molecule has 0 fully saturated rings. The van der Waals surface area contributed by atoms with Crippen molar-refractivity contribution in [1.29, 1.82) is 0 Å². The number of aryl methyl sites for hydroxylation is 1. The average Bonchev–Trinajstić information content (AvgIpc) is 2.62. The summed E-state index contributed by atoms with van der Waals surface area (Å²) >= 11 is 0. The second-order valence-corrected chi connectivity index (χ2v) is 5.55. The van der Waals surface area contributed by atoms with Gasteiger partial charge in [0.05, 0.1) is 36.0 Å². The molecule has 1 aromatic carbocycles. The van der Waals surface area contributed by atoms with E-state index in [0.29, 0.717) is 11.3 Å². The summed E-state index contributed by atoms with van der Waals surface area (Å²) in [6.07, 6.45) is 3.98. The molecule has 0 aliphatic carbocycles. The number of hydrogen-bond donors (Lipinski definition) is 2. The Morgan fingerprint density at radius 3 is 2.33 bits per heavy atom. The van der Waals surface area contributed by atoms with Crippen molar-refractivity contribution >= 4 is 17.7 Å². The van der Waals surface area contributed by atoms with Gasteiger partial charge in [-0.2, -0.15) is 0 Å². The largest absolute Gasteiger partial charge is 0.478 e. The number of carboxylic acid groups (broad SMARTS) is 1. The average molecular weight is 370 g/mol. The van der Waals surface area contributed by atoms with Crippen molar-refractivity contribution in [3.8, 4) is 11.3 Å². The number of nitrogens with one attached hydrogen (secondary N) is 1. The maximum Gasteiger partial charge on any atom is 0.335 e. The number of anilines is 1. The van der Waals surface area contributed by atoms with Crippen molar-refractivity contribution < 1.29 is 23.5 Å². The quantitative estimate of drug-likeness (QED) is 0.731. The minimum Gasteiger partial charge on any atom is -0.478 e. The van der Waals surface area contributed by atoms with Crippen LogP contribution in [0.4, 0.5) is 14.6 Å². The minimum atomic E-state index is -1.10. The van der Waals surface area contributed by atoms with Gasteiger partial charge in [0.1, 0.15) is 5.56 Å². The molecule has 0 bridgehead atoms. The van der Waals surface area contributed by atoms with Crippen LogP contribution in [-0.4, -0.2) is 31.9 Å². The van der Waals surface area contributed by atoms with E-state index in [9.17, 15) is 18.4 Å². The van der Waals surface area contributed by atoms with Crippen LogP contribution in [-0.2, 0) is 0 Å². The van der Waals surface area contributed by atoms with E-state index in [1.54, 1.807) is 13.0 Å². The van der Waals surface area contributed by atoms with Crippen LogP contribution in [0.2, 0.25) is 0 Å². The molecule has 0 aliphatic rings. The zero-order valence-electron chi connectivity index (χ0n) is 13.9. The van der Waals surface area contributed by atoms with E-state index in [1.165, 1.54) is 24.5 Å². The van der Waals surface area contributed by atoms with E-state index in [4.69, 9.17) is 5.11 Å². The SMILES string of the molecule is Cc1ccc(C(=O)O)cc1-c1cnc(NC(=O)c2c(F)cncc2F)cn1. The normalized spacial score (nSPS) is 10.5. The van der Waals surface area contributed by atoms with Gasteiger partial charge in [0.2, 0.25) is 0 Å². The van der Waals surface area contributed by atoms with E-state index in [2.05, 4.69) is 20.3 Å². The molecule has 136 valence electrons. The fourth-order valence-electron chi connectivity index (χ4n) is 2.37. The van der Waals surface area contributed by atoms with Crippen LogP contribution >= 0.6 is 0 Å². The third kappa shape index (κ3) is 3.76. The maximum absolute atomic E-state index is 13.6. The van der Waals surface area contributed by atoms with E-state index < -0.39 is 29.1 Å². The van der Waals surface area contributed by atoms with Crippen molar-refractivity contribution in [2.45, 2.75) is 6.92 Å². The molecule has 3 aromatic rings. The Kier molecular flexibility index (Phi) is 4.84. The summed E-state index contributed by atoms with van der Waals surface area (Å²) in [5.74, 6) is -4.32. The Morgan fingerprint density at radius 1 is 1.04 bits per heavy atom. The van der Waals surface area contributed by atoms with Crippen LogP contribution in [0.15, 0.2) is 43.0 Å². The predicted molar refractivity (Wildman–Crippen MR) is 91.3 cm³/mol. The standard InChI is InChI=1S/C18H12F2N4O3/c1-9-2-3-10(18(26)27)4-11(9)14-7-23-15(8-22-14)24-17(25)16-12(19)5-21-6-13(16)20/h2-8H,1H3,(H,26,27)(H,23,24,25). The van der Waals surface area contributed by atoms with Crippen LogP contribution in [0.1, 0.15) is 26.3 Å². The molecule has 7 nitrogen and oxygen atoms in total. The number of carbonyl (C=O) groups excluding carboxylic acids is 1. The first-order chi connectivity index (χ1) is 12.9. The Hall–Kier alpha value is -3.75. The highest BCUT2D eigenvalue weighted by Gasteiger charge is 2.18. The topological polar surface area (TPSA) is 105 Å². The third-order valence-electron chi connectivity index (χ3n) is 3.73. The second kappa shape index (κ2) is 7.24. The fourth-order valence-corrected chi connectivity index (χ4v) is 2.37. The molecule has 0 atom stereocenters. The van der Waals surface area contributed by atoms with Gasteiger partial charge in [-0.25, -0.2) is 18.6 Å². The highest BCUT2D eigenvalue weighted by Crippen LogP contribution is 2.23. The molecule has 27 heavy (non-hydrogen) atoms. The fraction of sp³-hybridized carbons (Fsp3) is 0.0556. The van der Waals surface area contributed by atoms with Crippen LogP contribution in [0, 0.1) is 18.6 Å². The van der Waals surface area contributed by atoms with Crippen molar-refractivity contribution in [3.05, 3.63) is 71.3 Å². The predicted octanol–water partition coefficient (Wildman–Crippen LogP) is 3.08.